The van der Waals surface area contributed by atoms with Crippen LogP contribution in [0.5, 0.6) is 0 Å². The van der Waals surface area contributed by atoms with Gasteiger partial charge < -0.3 is 10.4 Å². The maximum Gasteiger partial charge on any atom is 0.229 e. The smallest absolute Gasteiger partial charge is 0.229 e. The number of fused-ring (bicyclic) bond motifs is 1. The highest BCUT2D eigenvalue weighted by molar-refractivity contribution is 5.75. The molecule has 29 heavy (non-hydrogen) atoms. The first-order valence-electron chi connectivity index (χ1n) is 8.37. The second-order valence-corrected chi connectivity index (χ2v) is 6.06. The summed E-state index contributed by atoms with van der Waals surface area (Å²) >= 11 is 0. The fourth-order valence-corrected chi connectivity index (χ4v) is 2.74. The first kappa shape index (κ1) is 18.8. The minimum atomic E-state index is -1.49. The first-order chi connectivity index (χ1) is 14.0. The summed E-state index contributed by atoms with van der Waals surface area (Å²) in [6, 6.07) is 0.149. The number of hydrogen-bond donors (Lipinski definition) is 2. The number of aliphatic hydroxyl groups is 1. The fourth-order valence-electron chi connectivity index (χ4n) is 2.74. The Kier molecular flexibility index (Phi) is 4.84. The summed E-state index contributed by atoms with van der Waals surface area (Å²) in [5, 5.41) is 20.3. The quantitative estimate of drug-likeness (QED) is 0.377. The van der Waals surface area contributed by atoms with E-state index < -0.39 is 35.4 Å². The topological polar surface area (TPSA) is 93.7 Å². The molecule has 1 aromatic carbocycles. The summed E-state index contributed by atoms with van der Waals surface area (Å²) in [7, 11) is 0. The molecule has 0 spiro atoms. The average molecular weight is 407 g/mol. The Morgan fingerprint density at radius 3 is 2.48 bits per heavy atom. The second kappa shape index (κ2) is 7.47. The van der Waals surface area contributed by atoms with Crippen molar-refractivity contribution in [2.75, 3.05) is 11.9 Å². The van der Waals surface area contributed by atoms with Crippen LogP contribution in [0.4, 0.5) is 29.2 Å². The minimum absolute atomic E-state index is 0.0729. The van der Waals surface area contributed by atoms with Gasteiger partial charge in [0.15, 0.2) is 28.9 Å². The van der Waals surface area contributed by atoms with Crippen molar-refractivity contribution >= 4 is 22.7 Å². The van der Waals surface area contributed by atoms with Gasteiger partial charge in [0.25, 0.3) is 0 Å². The molecule has 150 valence electrons. The molecule has 0 aliphatic rings. The van der Waals surface area contributed by atoms with Crippen LogP contribution < -0.4 is 5.32 Å². The summed E-state index contributed by atoms with van der Waals surface area (Å²) in [5.41, 5.74) is -0.0484. The molecule has 0 aliphatic heterocycles. The number of aliphatic hydroxyl groups excluding tert-OH is 1. The van der Waals surface area contributed by atoms with Crippen LogP contribution in [0, 0.1) is 23.3 Å². The van der Waals surface area contributed by atoms with Gasteiger partial charge >= 0.3 is 0 Å². The minimum Gasteiger partial charge on any atom is -0.394 e. The van der Waals surface area contributed by atoms with E-state index in [-0.39, 0.29) is 24.3 Å². The highest BCUT2D eigenvalue weighted by atomic mass is 19.2. The van der Waals surface area contributed by atoms with Crippen LogP contribution in [0.1, 0.15) is 5.56 Å². The van der Waals surface area contributed by atoms with E-state index in [1.165, 1.54) is 23.3 Å². The molecule has 0 aliphatic carbocycles. The van der Waals surface area contributed by atoms with Crippen LogP contribution in [0.2, 0.25) is 0 Å². The number of halogens is 4. The lowest BCUT2D eigenvalue weighted by molar-refractivity contribution is 0.269. The Morgan fingerprint density at radius 2 is 1.76 bits per heavy atom. The number of nitrogens with zero attached hydrogens (tertiary/aromatic N) is 6. The zero-order chi connectivity index (χ0) is 20.5. The Balaban J connectivity index is 1.66. The molecule has 0 atom stereocenters. The molecule has 0 bridgehead atoms. The van der Waals surface area contributed by atoms with Gasteiger partial charge in [-0.1, -0.05) is 0 Å². The lowest BCUT2D eigenvalue weighted by Gasteiger charge is -2.08. The maximum atomic E-state index is 14.0. The predicted octanol–water partition coefficient (Wildman–Crippen LogP) is 2.36. The van der Waals surface area contributed by atoms with Crippen LogP contribution in [0.25, 0.3) is 11.0 Å². The number of rotatable bonds is 6. The predicted molar refractivity (Wildman–Crippen MR) is 93.3 cm³/mol. The van der Waals surface area contributed by atoms with Crippen LogP contribution in [0.3, 0.4) is 0 Å². The Labute approximate surface area is 160 Å². The summed E-state index contributed by atoms with van der Waals surface area (Å²) in [4.78, 5) is 8.36. The molecule has 0 unspecified atom stereocenters. The molecule has 0 saturated heterocycles. The third-order valence-electron chi connectivity index (χ3n) is 4.11. The van der Waals surface area contributed by atoms with Gasteiger partial charge in [0.05, 0.1) is 48.7 Å². The standard InChI is InChI=1S/C17H13F4N7O/c18-12-3-13(19)15(21)11(14(12)20)8-28-16-9(5-24-28)4-22-17(26-16)25-10-6-23-27(7-10)1-2-29/h3-7,29H,1-2,8H2,(H,22,25,26). The molecule has 0 saturated carbocycles. The third-order valence-corrected chi connectivity index (χ3v) is 4.11. The lowest BCUT2D eigenvalue weighted by Crippen LogP contribution is -2.10. The van der Waals surface area contributed by atoms with Crippen molar-refractivity contribution in [3.8, 4) is 0 Å². The van der Waals surface area contributed by atoms with Gasteiger partial charge in [-0.3, -0.25) is 4.68 Å². The van der Waals surface area contributed by atoms with Crippen molar-refractivity contribution in [1.82, 2.24) is 29.5 Å². The van der Waals surface area contributed by atoms with Crippen molar-refractivity contribution in [3.63, 3.8) is 0 Å². The van der Waals surface area contributed by atoms with E-state index >= 15 is 0 Å². The zero-order valence-electron chi connectivity index (χ0n) is 14.7. The fraction of sp³-hybridized carbons (Fsp3) is 0.176. The normalized spacial score (nSPS) is 11.3. The van der Waals surface area contributed by atoms with Crippen molar-refractivity contribution in [2.24, 2.45) is 0 Å². The molecule has 12 heteroatoms. The number of hydrogen-bond acceptors (Lipinski definition) is 6. The van der Waals surface area contributed by atoms with E-state index in [0.717, 1.165) is 4.68 Å². The monoisotopic (exact) mass is 407 g/mol. The van der Waals surface area contributed by atoms with Gasteiger partial charge in [-0.15, -0.1) is 0 Å². The molecule has 8 nitrogen and oxygen atoms in total. The molecule has 2 N–H and O–H groups in total. The van der Waals surface area contributed by atoms with Crippen LogP contribution >= 0.6 is 0 Å². The van der Waals surface area contributed by atoms with E-state index in [9.17, 15) is 17.6 Å². The van der Waals surface area contributed by atoms with Gasteiger partial charge in [0.2, 0.25) is 5.95 Å². The third kappa shape index (κ3) is 3.61. The van der Waals surface area contributed by atoms with E-state index in [1.807, 2.05) is 0 Å². The first-order valence-corrected chi connectivity index (χ1v) is 8.37. The van der Waals surface area contributed by atoms with E-state index in [4.69, 9.17) is 5.11 Å². The summed E-state index contributed by atoms with van der Waals surface area (Å²) in [6.07, 6.45) is 5.93. The molecule has 3 aromatic heterocycles. The Morgan fingerprint density at radius 1 is 1.00 bits per heavy atom. The molecule has 0 amide bonds. The van der Waals surface area contributed by atoms with E-state index in [1.54, 1.807) is 6.20 Å². The maximum absolute atomic E-state index is 14.0. The Bertz CT molecular complexity index is 1160. The number of aromatic nitrogens is 6. The average Bonchev–Trinajstić information content (AvgIpc) is 3.31. The van der Waals surface area contributed by atoms with E-state index in [0.29, 0.717) is 17.6 Å². The molecule has 0 fully saturated rings. The van der Waals surface area contributed by atoms with Gasteiger partial charge in [-0.2, -0.15) is 15.2 Å². The summed E-state index contributed by atoms with van der Waals surface area (Å²) < 4.78 is 57.5. The largest absolute Gasteiger partial charge is 0.394 e. The second-order valence-electron chi connectivity index (χ2n) is 6.06. The highest BCUT2D eigenvalue weighted by Crippen LogP contribution is 2.22. The van der Waals surface area contributed by atoms with Gasteiger partial charge in [-0.05, 0) is 0 Å². The number of anilines is 2. The molecular weight excluding hydrogens is 394 g/mol. The number of benzene rings is 1. The zero-order valence-corrected chi connectivity index (χ0v) is 14.7. The van der Waals surface area contributed by atoms with Gasteiger partial charge in [-0.25, -0.2) is 27.2 Å². The molecular formula is C17H13F4N7O. The highest BCUT2D eigenvalue weighted by Gasteiger charge is 2.20. The molecule has 4 aromatic rings. The van der Waals surface area contributed by atoms with Crippen molar-refractivity contribution in [2.45, 2.75) is 13.1 Å². The molecule has 0 radical (unpaired) electrons. The number of nitrogens with one attached hydrogen (secondary N) is 1. The SMILES string of the molecule is OCCn1cc(Nc2ncc3cnn(Cc4c(F)c(F)cc(F)c4F)c3n2)cn1. The van der Waals surface area contributed by atoms with Gasteiger partial charge in [0.1, 0.15) is 0 Å². The van der Waals surface area contributed by atoms with Crippen molar-refractivity contribution < 1.29 is 22.7 Å². The molecule has 3 heterocycles. The van der Waals surface area contributed by atoms with Crippen LogP contribution in [-0.2, 0) is 13.1 Å². The lowest BCUT2D eigenvalue weighted by atomic mass is 10.2. The van der Waals surface area contributed by atoms with Crippen molar-refractivity contribution in [3.05, 3.63) is 59.7 Å². The summed E-state index contributed by atoms with van der Waals surface area (Å²) in [5.74, 6) is -5.82. The van der Waals surface area contributed by atoms with Crippen LogP contribution in [0.15, 0.2) is 30.9 Å². The van der Waals surface area contributed by atoms with Crippen molar-refractivity contribution in [1.29, 1.82) is 0 Å². The Hall–Kier alpha value is -3.54. The van der Waals surface area contributed by atoms with E-state index in [2.05, 4.69) is 25.5 Å². The van der Waals surface area contributed by atoms with Crippen LogP contribution in [-0.4, -0.2) is 41.2 Å². The van der Waals surface area contributed by atoms with Gasteiger partial charge in [0, 0.05) is 18.5 Å². The molecule has 4 rings (SSSR count). The summed E-state index contributed by atoms with van der Waals surface area (Å²) in [6.45, 7) is -0.326.